The quantitative estimate of drug-likeness (QED) is 0.714. The third-order valence-electron chi connectivity index (χ3n) is 5.81. The molecule has 2 fully saturated rings. The lowest BCUT2D eigenvalue weighted by Crippen LogP contribution is -2.51. The summed E-state index contributed by atoms with van der Waals surface area (Å²) in [6, 6.07) is 3.98. The number of carbonyl (C=O) groups excluding carboxylic acids is 1. The summed E-state index contributed by atoms with van der Waals surface area (Å²) in [6.07, 6.45) is 9.03. The monoisotopic (exact) mass is 360 g/mol. The fourth-order valence-corrected chi connectivity index (χ4v) is 4.30. The van der Waals surface area contributed by atoms with Crippen LogP contribution in [0.1, 0.15) is 32.1 Å². The van der Waals surface area contributed by atoms with Gasteiger partial charge in [0.25, 0.3) is 0 Å². The van der Waals surface area contributed by atoms with Crippen molar-refractivity contribution in [3.8, 4) is 0 Å². The average Bonchev–Trinajstić information content (AvgIpc) is 2.69. The summed E-state index contributed by atoms with van der Waals surface area (Å²) >= 11 is 0. The van der Waals surface area contributed by atoms with Crippen LogP contribution in [-0.4, -0.2) is 65.6 Å². The van der Waals surface area contributed by atoms with Gasteiger partial charge in [0.15, 0.2) is 0 Å². The van der Waals surface area contributed by atoms with Crippen LogP contribution in [0.25, 0.3) is 0 Å². The lowest BCUT2D eigenvalue weighted by atomic mass is 9.81. The van der Waals surface area contributed by atoms with Crippen LogP contribution >= 0.6 is 0 Å². The second-order valence-corrected chi connectivity index (χ2v) is 7.31. The maximum atomic E-state index is 11.2. The van der Waals surface area contributed by atoms with E-state index in [9.17, 15) is 14.7 Å². The number of anilines is 1. The van der Waals surface area contributed by atoms with Gasteiger partial charge in [0.1, 0.15) is 6.04 Å². The van der Waals surface area contributed by atoms with E-state index in [1.165, 1.54) is 5.69 Å². The summed E-state index contributed by atoms with van der Waals surface area (Å²) in [6.45, 7) is 4.22. The minimum atomic E-state index is -0.938. The first-order valence-corrected chi connectivity index (χ1v) is 9.49. The van der Waals surface area contributed by atoms with Crippen LogP contribution < -0.4 is 10.2 Å². The highest BCUT2D eigenvalue weighted by atomic mass is 16.4. The number of rotatable bonds is 7. The van der Waals surface area contributed by atoms with Crippen LogP contribution in [0.2, 0.25) is 0 Å². The molecule has 1 saturated carbocycles. The molecule has 142 valence electrons. The Balaban J connectivity index is 1.43. The van der Waals surface area contributed by atoms with Crippen molar-refractivity contribution in [3.63, 3.8) is 0 Å². The number of piperazine rings is 1. The number of nitrogens with one attached hydrogen (secondary N) is 1. The number of amides is 1. The van der Waals surface area contributed by atoms with Crippen molar-refractivity contribution in [1.29, 1.82) is 0 Å². The predicted molar refractivity (Wildman–Crippen MR) is 99.0 cm³/mol. The summed E-state index contributed by atoms with van der Waals surface area (Å²) < 4.78 is 0. The first-order valence-electron chi connectivity index (χ1n) is 9.49. The van der Waals surface area contributed by atoms with E-state index in [1.807, 2.05) is 12.4 Å². The summed E-state index contributed by atoms with van der Waals surface area (Å²) in [5, 5.41) is 11.6. The van der Waals surface area contributed by atoms with E-state index in [2.05, 4.69) is 32.2 Å². The van der Waals surface area contributed by atoms with E-state index < -0.39 is 12.0 Å². The molecule has 2 aliphatic rings. The molecule has 1 aromatic heterocycles. The van der Waals surface area contributed by atoms with Gasteiger partial charge in [-0.1, -0.05) is 0 Å². The Morgan fingerprint density at radius 3 is 2.42 bits per heavy atom. The van der Waals surface area contributed by atoms with Crippen LogP contribution in [0, 0.1) is 5.92 Å². The van der Waals surface area contributed by atoms with Crippen LogP contribution in [-0.2, 0) is 9.59 Å². The van der Waals surface area contributed by atoms with Gasteiger partial charge in [-0.05, 0) is 50.2 Å². The normalized spacial score (nSPS) is 25.5. The van der Waals surface area contributed by atoms with Crippen molar-refractivity contribution in [2.75, 3.05) is 31.1 Å². The van der Waals surface area contributed by atoms with Gasteiger partial charge in [-0.3, -0.25) is 14.7 Å². The van der Waals surface area contributed by atoms with E-state index in [0.29, 0.717) is 24.8 Å². The summed E-state index contributed by atoms with van der Waals surface area (Å²) in [4.78, 5) is 30.8. The van der Waals surface area contributed by atoms with E-state index in [0.717, 1.165) is 51.9 Å². The Labute approximate surface area is 154 Å². The number of hydrogen-bond acceptors (Lipinski definition) is 5. The minimum absolute atomic E-state index is 0.387. The van der Waals surface area contributed by atoms with Crippen molar-refractivity contribution < 1.29 is 14.7 Å². The van der Waals surface area contributed by atoms with Crippen molar-refractivity contribution >= 4 is 18.1 Å². The van der Waals surface area contributed by atoms with Crippen molar-refractivity contribution in [2.45, 2.75) is 44.2 Å². The number of carboxylic acid groups (broad SMARTS) is 1. The van der Waals surface area contributed by atoms with Crippen LogP contribution in [0.5, 0.6) is 0 Å². The lowest BCUT2D eigenvalue weighted by molar-refractivity contribution is -0.141. The fourth-order valence-electron chi connectivity index (χ4n) is 4.30. The molecule has 26 heavy (non-hydrogen) atoms. The molecule has 1 aromatic rings. The Kier molecular flexibility index (Phi) is 6.44. The smallest absolute Gasteiger partial charge is 0.326 e. The van der Waals surface area contributed by atoms with Gasteiger partial charge in [-0.25, -0.2) is 4.79 Å². The SMILES string of the molecule is O=CNC(C[C@H]1CC[C@H](N2CCN(c3ccncc3)CC2)CC1)C(=O)O. The zero-order valence-corrected chi connectivity index (χ0v) is 15.1. The molecule has 1 aliphatic carbocycles. The third kappa shape index (κ3) is 4.72. The number of carbonyl (C=O) groups is 2. The van der Waals surface area contributed by atoms with Gasteiger partial charge < -0.3 is 15.3 Å². The number of hydrogen-bond donors (Lipinski definition) is 2. The third-order valence-corrected chi connectivity index (χ3v) is 5.81. The highest BCUT2D eigenvalue weighted by molar-refractivity contribution is 5.76. The molecule has 2 heterocycles. The molecule has 2 N–H and O–H groups in total. The van der Waals surface area contributed by atoms with Gasteiger partial charge >= 0.3 is 5.97 Å². The van der Waals surface area contributed by atoms with Gasteiger partial charge in [0.05, 0.1) is 0 Å². The number of pyridine rings is 1. The molecule has 7 nitrogen and oxygen atoms in total. The first-order chi connectivity index (χ1) is 12.7. The highest BCUT2D eigenvalue weighted by Gasteiger charge is 2.30. The van der Waals surface area contributed by atoms with Crippen molar-refractivity contribution in [3.05, 3.63) is 24.5 Å². The van der Waals surface area contributed by atoms with E-state index in [4.69, 9.17) is 0 Å². The minimum Gasteiger partial charge on any atom is -0.480 e. The zero-order valence-electron chi connectivity index (χ0n) is 15.1. The number of aromatic nitrogens is 1. The number of carboxylic acids is 1. The summed E-state index contributed by atoms with van der Waals surface area (Å²) in [7, 11) is 0. The second-order valence-electron chi connectivity index (χ2n) is 7.31. The maximum absolute atomic E-state index is 11.2. The molecular formula is C19H28N4O3. The molecule has 1 aliphatic heterocycles. The Morgan fingerprint density at radius 1 is 1.19 bits per heavy atom. The summed E-state index contributed by atoms with van der Waals surface area (Å²) in [5.41, 5.74) is 1.24. The standard InChI is InChI=1S/C19H28N4O3/c24-14-21-18(19(25)26)13-15-1-3-16(4-2-15)22-9-11-23(12-10-22)17-5-7-20-8-6-17/h5-8,14-16,18H,1-4,9-13H2,(H,21,24)(H,25,26)/t15-,16-,18?. The molecule has 0 aromatic carbocycles. The molecule has 7 heteroatoms. The van der Waals surface area contributed by atoms with Gasteiger partial charge in [0.2, 0.25) is 6.41 Å². The van der Waals surface area contributed by atoms with Gasteiger partial charge in [-0.2, -0.15) is 0 Å². The van der Waals surface area contributed by atoms with Crippen molar-refractivity contribution in [1.82, 2.24) is 15.2 Å². The van der Waals surface area contributed by atoms with Crippen molar-refractivity contribution in [2.24, 2.45) is 5.92 Å². The fraction of sp³-hybridized carbons (Fsp3) is 0.632. The molecular weight excluding hydrogens is 332 g/mol. The first kappa shape index (κ1) is 18.6. The van der Waals surface area contributed by atoms with Crippen LogP contribution in [0.3, 0.4) is 0 Å². The largest absolute Gasteiger partial charge is 0.480 e. The molecule has 0 bridgehead atoms. The maximum Gasteiger partial charge on any atom is 0.326 e. The highest BCUT2D eigenvalue weighted by Crippen LogP contribution is 2.31. The molecule has 1 atom stereocenters. The topological polar surface area (TPSA) is 85.8 Å². The molecule has 1 unspecified atom stereocenters. The zero-order chi connectivity index (χ0) is 18.4. The molecule has 0 radical (unpaired) electrons. The number of aliphatic carboxylic acids is 1. The molecule has 1 saturated heterocycles. The van der Waals surface area contributed by atoms with E-state index in [1.54, 1.807) is 0 Å². The van der Waals surface area contributed by atoms with E-state index in [-0.39, 0.29) is 0 Å². The molecule has 3 rings (SSSR count). The van der Waals surface area contributed by atoms with Crippen LogP contribution in [0.4, 0.5) is 5.69 Å². The van der Waals surface area contributed by atoms with E-state index >= 15 is 0 Å². The van der Waals surface area contributed by atoms with Gasteiger partial charge in [0, 0.05) is 50.3 Å². The molecule has 0 spiro atoms. The Hall–Kier alpha value is -2.15. The number of nitrogens with zero attached hydrogens (tertiary/aromatic N) is 3. The van der Waals surface area contributed by atoms with Crippen LogP contribution in [0.15, 0.2) is 24.5 Å². The van der Waals surface area contributed by atoms with Gasteiger partial charge in [-0.15, -0.1) is 0 Å². The lowest BCUT2D eigenvalue weighted by Gasteiger charge is -2.42. The predicted octanol–water partition coefficient (Wildman–Crippen LogP) is 1.35. The second kappa shape index (κ2) is 8.98. The summed E-state index contributed by atoms with van der Waals surface area (Å²) in [5.74, 6) is -0.552. The molecule has 1 amide bonds. The Bertz CT molecular complexity index is 582. The Morgan fingerprint density at radius 2 is 1.85 bits per heavy atom. The average molecular weight is 360 g/mol.